The lowest BCUT2D eigenvalue weighted by atomic mass is 9.97. The van der Waals surface area contributed by atoms with E-state index in [1.165, 1.54) is 12.0 Å². The lowest BCUT2D eigenvalue weighted by Gasteiger charge is -2.45. The van der Waals surface area contributed by atoms with E-state index in [0.717, 1.165) is 22.3 Å². The first kappa shape index (κ1) is 36.2. The van der Waals surface area contributed by atoms with Crippen LogP contribution in [-0.2, 0) is 64.4 Å². The fraction of sp³-hybridized carbons (Fsp3) is 0.366. The number of hydrogen-bond acceptors (Lipinski definition) is 9. The highest BCUT2D eigenvalue weighted by molar-refractivity contribution is 5.82. The fourth-order valence-corrected chi connectivity index (χ4v) is 6.38. The summed E-state index contributed by atoms with van der Waals surface area (Å²) in [4.78, 5) is 27.8. The van der Waals surface area contributed by atoms with Gasteiger partial charge in [-0.3, -0.25) is 4.90 Å². The third-order valence-electron chi connectivity index (χ3n) is 9.02. The van der Waals surface area contributed by atoms with Gasteiger partial charge in [0, 0.05) is 6.54 Å². The molecular formula is C41H45NO9. The van der Waals surface area contributed by atoms with Crippen LogP contribution in [0.2, 0.25) is 0 Å². The van der Waals surface area contributed by atoms with Gasteiger partial charge >= 0.3 is 12.1 Å². The molecule has 2 aliphatic heterocycles. The van der Waals surface area contributed by atoms with Crippen LogP contribution < -0.4 is 0 Å². The van der Waals surface area contributed by atoms with Crippen LogP contribution in [0.5, 0.6) is 0 Å². The molecule has 0 aromatic heterocycles. The minimum absolute atomic E-state index is 0.119. The molecule has 3 unspecified atom stereocenters. The van der Waals surface area contributed by atoms with Crippen molar-refractivity contribution in [2.24, 2.45) is 0 Å². The molecule has 1 amide bonds. The molecule has 0 radical (unpaired) electrons. The fourth-order valence-electron chi connectivity index (χ4n) is 6.38. The molecule has 2 aliphatic rings. The molecule has 0 bridgehead atoms. The molecule has 4 aromatic rings. The number of methoxy groups -OCH3 is 1. The number of rotatable bonds is 15. The molecular weight excluding hydrogens is 650 g/mol. The van der Waals surface area contributed by atoms with Gasteiger partial charge in [-0.15, -0.1) is 0 Å². The number of ether oxygens (including phenoxy) is 7. The van der Waals surface area contributed by atoms with Gasteiger partial charge in [0.25, 0.3) is 0 Å². The van der Waals surface area contributed by atoms with Crippen molar-refractivity contribution < 1.29 is 42.7 Å². The zero-order chi connectivity index (χ0) is 35.3. The Morgan fingerprint density at radius 1 is 0.647 bits per heavy atom. The van der Waals surface area contributed by atoms with Gasteiger partial charge in [0.15, 0.2) is 0 Å². The van der Waals surface area contributed by atoms with Crippen LogP contribution in [0.25, 0.3) is 0 Å². The number of esters is 1. The van der Waals surface area contributed by atoms with E-state index in [1.54, 1.807) is 0 Å². The minimum atomic E-state index is -1.22. The van der Waals surface area contributed by atoms with Gasteiger partial charge in [0.05, 0.1) is 40.1 Å². The summed E-state index contributed by atoms with van der Waals surface area (Å²) >= 11 is 0. The summed E-state index contributed by atoms with van der Waals surface area (Å²) in [6.45, 7) is 1.53. The third kappa shape index (κ3) is 10.0. The maximum atomic E-state index is 13.8. The lowest BCUT2D eigenvalue weighted by molar-refractivity contribution is -0.317. The number of amides is 1. The standard InChI is InChI=1S/C41H45NO9/c1-45-39(43)34-23-14-24-42(34)41(44)51-40-38(49-28-33-21-12-5-13-22-33)37(48-27-32-19-10-4-11-20-32)36(47-26-31-17-8-3-9-18-31)35(50-40)29-46-25-30-15-6-2-7-16-30/h2-13,15-22,34-38,40H,14,23-29H2,1H3/t34-,35?,36+,37?,38?,40+/m0/s1. The van der Waals surface area contributed by atoms with Crippen LogP contribution in [0.15, 0.2) is 121 Å². The summed E-state index contributed by atoms with van der Waals surface area (Å²) in [6, 6.07) is 38.5. The molecule has 0 aliphatic carbocycles. The van der Waals surface area contributed by atoms with Crippen LogP contribution >= 0.6 is 0 Å². The van der Waals surface area contributed by atoms with E-state index < -0.39 is 48.8 Å². The molecule has 4 aromatic carbocycles. The SMILES string of the molecule is COC(=O)[C@@H]1CCCN1C(=O)O[C@H]1OC(COCc2ccccc2)[C@@H](OCc2ccccc2)C(OCc2ccccc2)C1OCc1ccccc1. The number of carbonyl (C=O) groups is 2. The van der Waals surface area contributed by atoms with Gasteiger partial charge in [-0.2, -0.15) is 0 Å². The number of likely N-dealkylation sites (tertiary alicyclic amines) is 1. The minimum Gasteiger partial charge on any atom is -0.467 e. The first-order chi connectivity index (χ1) is 25.1. The van der Waals surface area contributed by atoms with Gasteiger partial charge in [-0.05, 0) is 35.1 Å². The molecule has 2 heterocycles. The number of hydrogen-bond donors (Lipinski definition) is 0. The highest BCUT2D eigenvalue weighted by Crippen LogP contribution is 2.33. The van der Waals surface area contributed by atoms with Gasteiger partial charge in [-0.25, -0.2) is 9.59 Å². The molecule has 51 heavy (non-hydrogen) atoms. The van der Waals surface area contributed by atoms with Crippen molar-refractivity contribution in [2.45, 2.75) is 76.0 Å². The Balaban J connectivity index is 1.32. The molecule has 2 fully saturated rings. The molecule has 10 heteroatoms. The summed E-state index contributed by atoms with van der Waals surface area (Å²) in [5.41, 5.74) is 3.85. The average molecular weight is 696 g/mol. The van der Waals surface area contributed by atoms with E-state index in [1.807, 2.05) is 121 Å². The van der Waals surface area contributed by atoms with Crippen molar-refractivity contribution in [1.29, 1.82) is 0 Å². The van der Waals surface area contributed by atoms with Crippen LogP contribution in [-0.4, -0.2) is 74.0 Å². The Labute approximate surface area is 299 Å². The maximum absolute atomic E-state index is 13.8. The summed E-state index contributed by atoms with van der Waals surface area (Å²) in [6.07, 6.45) is -3.87. The first-order valence-electron chi connectivity index (χ1n) is 17.4. The highest BCUT2D eigenvalue weighted by atomic mass is 16.7. The zero-order valence-corrected chi connectivity index (χ0v) is 28.8. The third-order valence-corrected chi connectivity index (χ3v) is 9.02. The summed E-state index contributed by atoms with van der Waals surface area (Å²) < 4.78 is 43.9. The van der Waals surface area contributed by atoms with Gasteiger partial charge in [-0.1, -0.05) is 121 Å². The highest BCUT2D eigenvalue weighted by Gasteiger charge is 2.51. The molecule has 2 saturated heterocycles. The van der Waals surface area contributed by atoms with Crippen molar-refractivity contribution in [1.82, 2.24) is 4.90 Å². The zero-order valence-electron chi connectivity index (χ0n) is 28.8. The number of carbonyl (C=O) groups excluding carboxylic acids is 2. The smallest absolute Gasteiger partial charge is 0.412 e. The van der Waals surface area contributed by atoms with Crippen LogP contribution in [0, 0.1) is 0 Å². The second-order valence-corrected chi connectivity index (χ2v) is 12.6. The number of nitrogens with zero attached hydrogens (tertiary/aromatic N) is 1. The van der Waals surface area contributed by atoms with Crippen LogP contribution in [0.3, 0.4) is 0 Å². The van der Waals surface area contributed by atoms with Crippen LogP contribution in [0.1, 0.15) is 35.1 Å². The van der Waals surface area contributed by atoms with E-state index in [9.17, 15) is 9.59 Å². The van der Waals surface area contributed by atoms with Crippen molar-refractivity contribution >= 4 is 12.1 Å². The predicted molar refractivity (Wildman–Crippen MR) is 188 cm³/mol. The number of benzene rings is 4. The topological polar surface area (TPSA) is 102 Å². The van der Waals surface area contributed by atoms with Crippen molar-refractivity contribution in [2.75, 3.05) is 20.3 Å². The first-order valence-corrected chi connectivity index (χ1v) is 17.4. The van der Waals surface area contributed by atoms with E-state index in [0.29, 0.717) is 26.0 Å². The van der Waals surface area contributed by atoms with Crippen LogP contribution in [0.4, 0.5) is 4.79 Å². The summed E-state index contributed by atoms with van der Waals surface area (Å²) in [7, 11) is 1.31. The molecule has 0 saturated carbocycles. The molecule has 268 valence electrons. The Kier molecular flexibility index (Phi) is 13.2. The van der Waals surface area contributed by atoms with E-state index >= 15 is 0 Å². The molecule has 0 spiro atoms. The Morgan fingerprint density at radius 2 is 1.12 bits per heavy atom. The predicted octanol–water partition coefficient (Wildman–Crippen LogP) is 6.46. The molecule has 10 nitrogen and oxygen atoms in total. The molecule has 6 atom stereocenters. The van der Waals surface area contributed by atoms with Crippen molar-refractivity contribution in [3.63, 3.8) is 0 Å². The largest absolute Gasteiger partial charge is 0.467 e. The van der Waals surface area contributed by atoms with Gasteiger partial charge < -0.3 is 33.2 Å². The molecule has 6 rings (SSSR count). The second kappa shape index (κ2) is 18.6. The average Bonchev–Trinajstić information content (AvgIpc) is 3.68. The Bertz CT molecular complexity index is 1630. The monoisotopic (exact) mass is 695 g/mol. The van der Waals surface area contributed by atoms with Gasteiger partial charge in [0.1, 0.15) is 30.5 Å². The normalized spacial score (nSPS) is 23.1. The van der Waals surface area contributed by atoms with E-state index in [4.69, 9.17) is 33.2 Å². The lowest BCUT2D eigenvalue weighted by Crippen LogP contribution is -2.62. The van der Waals surface area contributed by atoms with E-state index in [2.05, 4.69) is 0 Å². The maximum Gasteiger partial charge on any atom is 0.412 e. The summed E-state index contributed by atoms with van der Waals surface area (Å²) in [5.74, 6) is -0.489. The Morgan fingerprint density at radius 3 is 1.63 bits per heavy atom. The quantitative estimate of drug-likeness (QED) is 0.130. The second-order valence-electron chi connectivity index (χ2n) is 12.6. The molecule has 0 N–H and O–H groups in total. The van der Waals surface area contributed by atoms with Crippen molar-refractivity contribution in [3.05, 3.63) is 144 Å². The Hall–Kier alpha value is -4.58. The van der Waals surface area contributed by atoms with Crippen molar-refractivity contribution in [3.8, 4) is 0 Å². The summed E-state index contributed by atoms with van der Waals surface area (Å²) in [5, 5.41) is 0. The van der Waals surface area contributed by atoms with Gasteiger partial charge in [0.2, 0.25) is 6.29 Å². The van der Waals surface area contributed by atoms with E-state index in [-0.39, 0.29) is 26.4 Å².